The van der Waals surface area contributed by atoms with Crippen LogP contribution in [-0.2, 0) is 0 Å². The summed E-state index contributed by atoms with van der Waals surface area (Å²) < 4.78 is 32.6. The van der Waals surface area contributed by atoms with Gasteiger partial charge < -0.3 is 10.5 Å². The van der Waals surface area contributed by atoms with E-state index in [0.29, 0.717) is 11.3 Å². The molecular weight excluding hydrogens is 260 g/mol. The zero-order valence-corrected chi connectivity index (χ0v) is 11.4. The summed E-state index contributed by atoms with van der Waals surface area (Å²) in [6, 6.07) is 10.4. The minimum Gasteiger partial charge on any atom is -0.491 e. The van der Waals surface area contributed by atoms with E-state index >= 15 is 0 Å². The van der Waals surface area contributed by atoms with E-state index in [1.165, 1.54) is 12.1 Å². The molecule has 0 bridgehead atoms. The maximum atomic E-state index is 13.8. The normalized spacial score (nSPS) is 12.5. The third kappa shape index (κ3) is 3.14. The number of benzene rings is 2. The lowest BCUT2D eigenvalue weighted by Gasteiger charge is -2.16. The summed E-state index contributed by atoms with van der Waals surface area (Å²) in [7, 11) is 0. The molecule has 0 aliphatic carbocycles. The molecule has 1 atom stereocenters. The van der Waals surface area contributed by atoms with Crippen molar-refractivity contribution in [2.45, 2.75) is 26.0 Å². The molecule has 0 fully saturated rings. The molecule has 0 aliphatic rings. The molecule has 0 radical (unpaired) electrons. The fourth-order valence-electron chi connectivity index (χ4n) is 1.99. The molecule has 2 aromatic rings. The number of hydrogen-bond donors (Lipinski definition) is 1. The predicted octanol–water partition coefficient (Wildman–Crippen LogP) is 3.80. The van der Waals surface area contributed by atoms with Crippen molar-refractivity contribution >= 4 is 0 Å². The van der Waals surface area contributed by atoms with Crippen LogP contribution in [0.4, 0.5) is 8.78 Å². The lowest BCUT2D eigenvalue weighted by atomic mass is 9.99. The second-order valence-electron chi connectivity index (χ2n) is 4.86. The second-order valence-corrected chi connectivity index (χ2v) is 4.86. The molecule has 20 heavy (non-hydrogen) atoms. The lowest BCUT2D eigenvalue weighted by molar-refractivity contribution is 0.242. The van der Waals surface area contributed by atoms with E-state index < -0.39 is 17.7 Å². The quantitative estimate of drug-likeness (QED) is 0.922. The molecule has 2 nitrogen and oxygen atoms in total. The van der Waals surface area contributed by atoms with Gasteiger partial charge in [0.2, 0.25) is 0 Å². The van der Waals surface area contributed by atoms with Crippen molar-refractivity contribution in [1.82, 2.24) is 0 Å². The molecule has 1 unspecified atom stereocenters. The van der Waals surface area contributed by atoms with Gasteiger partial charge in [-0.25, -0.2) is 8.78 Å². The first-order valence-electron chi connectivity index (χ1n) is 6.45. The van der Waals surface area contributed by atoms with Crippen molar-refractivity contribution in [2.24, 2.45) is 5.73 Å². The molecule has 2 rings (SSSR count). The molecule has 0 heterocycles. The Balaban J connectivity index is 2.33. The summed E-state index contributed by atoms with van der Waals surface area (Å²) in [5.74, 6) is -1.15. The fraction of sp³-hybridized carbons (Fsp3) is 0.250. The van der Waals surface area contributed by atoms with Gasteiger partial charge in [-0.3, -0.25) is 0 Å². The van der Waals surface area contributed by atoms with Gasteiger partial charge in [-0.1, -0.05) is 24.3 Å². The minimum atomic E-state index is -0.907. The minimum absolute atomic E-state index is 0.0346. The summed E-state index contributed by atoms with van der Waals surface area (Å²) >= 11 is 0. The topological polar surface area (TPSA) is 35.2 Å². The van der Waals surface area contributed by atoms with Crippen molar-refractivity contribution in [3.8, 4) is 5.75 Å². The van der Waals surface area contributed by atoms with Gasteiger partial charge in [-0.05, 0) is 37.6 Å². The highest BCUT2D eigenvalue weighted by Crippen LogP contribution is 2.26. The highest BCUT2D eigenvalue weighted by atomic mass is 19.2. The molecule has 0 spiro atoms. The van der Waals surface area contributed by atoms with Gasteiger partial charge in [0, 0.05) is 5.56 Å². The first-order valence-corrected chi connectivity index (χ1v) is 6.45. The molecule has 0 aromatic heterocycles. The smallest absolute Gasteiger partial charge is 0.163 e. The molecule has 0 saturated heterocycles. The first-order chi connectivity index (χ1) is 9.49. The van der Waals surface area contributed by atoms with E-state index in [2.05, 4.69) is 0 Å². The van der Waals surface area contributed by atoms with Crippen LogP contribution < -0.4 is 10.5 Å². The fourth-order valence-corrected chi connectivity index (χ4v) is 1.99. The van der Waals surface area contributed by atoms with E-state index in [-0.39, 0.29) is 11.7 Å². The van der Waals surface area contributed by atoms with Gasteiger partial charge in [-0.2, -0.15) is 0 Å². The standard InChI is InChI=1S/C16H17F2NO/c1-10(2)20-12-6-3-5-11(9-12)16(19)13-7-4-8-14(17)15(13)18/h3-10,16H,19H2,1-2H3. The molecule has 2 N–H and O–H groups in total. The summed E-state index contributed by atoms with van der Waals surface area (Å²) in [6.07, 6.45) is 0.0346. The highest BCUT2D eigenvalue weighted by Gasteiger charge is 2.16. The van der Waals surface area contributed by atoms with Gasteiger partial charge in [0.05, 0.1) is 12.1 Å². The molecule has 0 saturated carbocycles. The summed E-state index contributed by atoms with van der Waals surface area (Å²) in [4.78, 5) is 0. The van der Waals surface area contributed by atoms with Gasteiger partial charge in [0.25, 0.3) is 0 Å². The Labute approximate surface area is 117 Å². The second kappa shape index (κ2) is 6.01. The van der Waals surface area contributed by atoms with Crippen molar-refractivity contribution in [1.29, 1.82) is 0 Å². The van der Waals surface area contributed by atoms with Crippen LogP contribution in [0.3, 0.4) is 0 Å². The predicted molar refractivity (Wildman–Crippen MR) is 74.6 cm³/mol. The van der Waals surface area contributed by atoms with Crippen LogP contribution in [0, 0.1) is 11.6 Å². The van der Waals surface area contributed by atoms with Crippen LogP contribution >= 0.6 is 0 Å². The highest BCUT2D eigenvalue weighted by molar-refractivity contribution is 5.37. The summed E-state index contributed by atoms with van der Waals surface area (Å²) in [5, 5.41) is 0. The Morgan fingerprint density at radius 3 is 2.45 bits per heavy atom. The van der Waals surface area contributed by atoms with E-state index in [0.717, 1.165) is 6.07 Å². The first kappa shape index (κ1) is 14.5. The van der Waals surface area contributed by atoms with Crippen LogP contribution in [0.15, 0.2) is 42.5 Å². The molecular formula is C16H17F2NO. The average Bonchev–Trinajstić information content (AvgIpc) is 2.41. The summed E-state index contributed by atoms with van der Waals surface area (Å²) in [6.45, 7) is 3.83. The van der Waals surface area contributed by atoms with Gasteiger partial charge in [0.1, 0.15) is 5.75 Å². The number of ether oxygens (including phenoxy) is 1. The van der Waals surface area contributed by atoms with Crippen molar-refractivity contribution < 1.29 is 13.5 Å². The van der Waals surface area contributed by atoms with Crippen molar-refractivity contribution in [3.63, 3.8) is 0 Å². The van der Waals surface area contributed by atoms with Gasteiger partial charge in [-0.15, -0.1) is 0 Å². The largest absolute Gasteiger partial charge is 0.491 e. The van der Waals surface area contributed by atoms with Crippen molar-refractivity contribution in [3.05, 3.63) is 65.2 Å². The van der Waals surface area contributed by atoms with Gasteiger partial charge in [0.15, 0.2) is 11.6 Å². The number of nitrogens with two attached hydrogens (primary N) is 1. The molecule has 106 valence electrons. The molecule has 4 heteroatoms. The molecule has 2 aromatic carbocycles. The Morgan fingerprint density at radius 1 is 1.05 bits per heavy atom. The maximum Gasteiger partial charge on any atom is 0.163 e. The SMILES string of the molecule is CC(C)Oc1cccc(C(N)c2cccc(F)c2F)c1. The van der Waals surface area contributed by atoms with Crippen LogP contribution in [0.1, 0.15) is 31.0 Å². The number of rotatable bonds is 4. The Hall–Kier alpha value is -1.94. The van der Waals surface area contributed by atoms with Crippen LogP contribution in [0.5, 0.6) is 5.75 Å². The number of hydrogen-bond acceptors (Lipinski definition) is 2. The van der Waals surface area contributed by atoms with Gasteiger partial charge >= 0.3 is 0 Å². The lowest BCUT2D eigenvalue weighted by Crippen LogP contribution is -2.15. The van der Waals surface area contributed by atoms with E-state index in [1.807, 2.05) is 13.8 Å². The zero-order valence-electron chi connectivity index (χ0n) is 11.4. The Kier molecular flexibility index (Phi) is 4.35. The monoisotopic (exact) mass is 277 g/mol. The van der Waals surface area contributed by atoms with Crippen LogP contribution in [-0.4, -0.2) is 6.10 Å². The zero-order chi connectivity index (χ0) is 14.7. The van der Waals surface area contributed by atoms with E-state index in [1.54, 1.807) is 24.3 Å². The third-order valence-electron chi connectivity index (χ3n) is 2.91. The van der Waals surface area contributed by atoms with Crippen LogP contribution in [0.2, 0.25) is 0 Å². The average molecular weight is 277 g/mol. The third-order valence-corrected chi connectivity index (χ3v) is 2.91. The molecule has 0 aliphatic heterocycles. The van der Waals surface area contributed by atoms with E-state index in [9.17, 15) is 8.78 Å². The Bertz CT molecular complexity index is 599. The number of halogens is 2. The summed E-state index contributed by atoms with van der Waals surface area (Å²) in [5.41, 5.74) is 6.83. The van der Waals surface area contributed by atoms with E-state index in [4.69, 9.17) is 10.5 Å². The van der Waals surface area contributed by atoms with Crippen LogP contribution in [0.25, 0.3) is 0 Å². The van der Waals surface area contributed by atoms with Crippen molar-refractivity contribution in [2.75, 3.05) is 0 Å². The Morgan fingerprint density at radius 2 is 1.75 bits per heavy atom. The maximum absolute atomic E-state index is 13.8. The molecule has 0 amide bonds.